The van der Waals surface area contributed by atoms with E-state index in [0.717, 1.165) is 18.0 Å². The van der Waals surface area contributed by atoms with Crippen LogP contribution in [0, 0.1) is 6.92 Å². The fourth-order valence-corrected chi connectivity index (χ4v) is 3.18. The number of nitrogens with zero attached hydrogens (tertiary/aromatic N) is 1. The van der Waals surface area contributed by atoms with Gasteiger partial charge in [0.2, 0.25) is 0 Å². The van der Waals surface area contributed by atoms with Crippen molar-refractivity contribution in [3.05, 3.63) is 52.0 Å². The van der Waals surface area contributed by atoms with Gasteiger partial charge in [0, 0.05) is 17.1 Å². The van der Waals surface area contributed by atoms with E-state index in [4.69, 9.17) is 0 Å². The Balaban J connectivity index is 1.87. The highest BCUT2D eigenvalue weighted by molar-refractivity contribution is 7.11. The quantitative estimate of drug-likeness (QED) is 0.821. The van der Waals surface area contributed by atoms with Gasteiger partial charge in [-0.3, -0.25) is 0 Å². The molecule has 1 aromatic heterocycles. The molecule has 0 radical (unpaired) electrons. The van der Waals surface area contributed by atoms with Gasteiger partial charge >= 0.3 is 0 Å². The van der Waals surface area contributed by atoms with E-state index < -0.39 is 0 Å². The fourth-order valence-electron chi connectivity index (χ4n) is 2.29. The van der Waals surface area contributed by atoms with Crippen LogP contribution in [0.1, 0.15) is 41.3 Å². The molecule has 1 heterocycles. The molecule has 0 bridgehead atoms. The lowest BCUT2D eigenvalue weighted by Gasteiger charge is -2.15. The summed E-state index contributed by atoms with van der Waals surface area (Å²) in [5.74, 6) is 0. The summed E-state index contributed by atoms with van der Waals surface area (Å²) >= 11 is 1.81. The normalized spacial score (nSPS) is 12.5. The molecule has 0 amide bonds. The van der Waals surface area contributed by atoms with Crippen molar-refractivity contribution in [2.45, 2.75) is 39.2 Å². The van der Waals surface area contributed by atoms with Crippen molar-refractivity contribution in [1.29, 1.82) is 0 Å². The second-order valence-corrected chi connectivity index (χ2v) is 6.04. The summed E-state index contributed by atoms with van der Waals surface area (Å²) in [5, 5.41) is 4.72. The zero-order chi connectivity index (χ0) is 13.5. The summed E-state index contributed by atoms with van der Waals surface area (Å²) in [7, 11) is 0. The van der Waals surface area contributed by atoms with E-state index in [9.17, 15) is 0 Å². The molecular formula is C16H22N2S. The van der Waals surface area contributed by atoms with Crippen LogP contribution in [0.2, 0.25) is 0 Å². The molecule has 0 fully saturated rings. The number of rotatable bonds is 7. The molecule has 2 aromatic rings. The van der Waals surface area contributed by atoms with Crippen molar-refractivity contribution in [2.24, 2.45) is 0 Å². The van der Waals surface area contributed by atoms with E-state index in [1.54, 1.807) is 0 Å². The molecule has 19 heavy (non-hydrogen) atoms. The molecule has 1 N–H and O–H groups in total. The molecule has 2 nitrogen and oxygen atoms in total. The van der Waals surface area contributed by atoms with Crippen LogP contribution in [0.3, 0.4) is 0 Å². The lowest BCUT2D eigenvalue weighted by Crippen LogP contribution is -2.20. The van der Waals surface area contributed by atoms with Gasteiger partial charge < -0.3 is 5.32 Å². The van der Waals surface area contributed by atoms with Crippen LogP contribution >= 0.6 is 11.3 Å². The smallest absolute Gasteiger partial charge is 0.0897 e. The average Bonchev–Trinajstić information content (AvgIpc) is 2.86. The molecule has 0 saturated carbocycles. The Morgan fingerprint density at radius 1 is 1.26 bits per heavy atom. The predicted molar refractivity (Wildman–Crippen MR) is 82.6 cm³/mol. The average molecular weight is 274 g/mol. The Morgan fingerprint density at radius 3 is 2.68 bits per heavy atom. The monoisotopic (exact) mass is 274 g/mol. The molecule has 2 rings (SSSR count). The molecule has 1 aromatic carbocycles. The second-order valence-electron chi connectivity index (χ2n) is 4.77. The summed E-state index contributed by atoms with van der Waals surface area (Å²) in [6.45, 7) is 5.24. The number of aromatic nitrogens is 1. The zero-order valence-corrected chi connectivity index (χ0v) is 12.5. The summed E-state index contributed by atoms with van der Waals surface area (Å²) in [5.41, 5.74) is 1.43. The molecule has 0 aliphatic rings. The number of thiazole rings is 1. The van der Waals surface area contributed by atoms with Gasteiger partial charge in [-0.25, -0.2) is 4.98 Å². The van der Waals surface area contributed by atoms with Gasteiger partial charge in [0.15, 0.2) is 0 Å². The minimum Gasteiger partial charge on any atom is -0.309 e. The van der Waals surface area contributed by atoms with Crippen LogP contribution in [0.5, 0.6) is 0 Å². The molecule has 1 atom stereocenters. The second kappa shape index (κ2) is 7.41. The van der Waals surface area contributed by atoms with Gasteiger partial charge in [0.1, 0.15) is 0 Å². The molecular weight excluding hydrogens is 252 g/mol. The molecule has 0 spiro atoms. The van der Waals surface area contributed by atoms with Gasteiger partial charge in [0.05, 0.1) is 5.01 Å². The molecule has 0 aliphatic heterocycles. The van der Waals surface area contributed by atoms with Crippen molar-refractivity contribution in [3.63, 3.8) is 0 Å². The zero-order valence-electron chi connectivity index (χ0n) is 11.7. The minimum atomic E-state index is 0.458. The van der Waals surface area contributed by atoms with E-state index in [2.05, 4.69) is 54.5 Å². The van der Waals surface area contributed by atoms with Gasteiger partial charge in [0.25, 0.3) is 0 Å². The Labute approximate surface area is 119 Å². The van der Waals surface area contributed by atoms with Gasteiger partial charge in [-0.1, -0.05) is 37.3 Å². The third kappa shape index (κ3) is 4.44. The maximum Gasteiger partial charge on any atom is 0.0897 e. The van der Waals surface area contributed by atoms with Crippen molar-refractivity contribution in [1.82, 2.24) is 10.3 Å². The third-order valence-electron chi connectivity index (χ3n) is 3.23. The fraction of sp³-hybridized carbons (Fsp3) is 0.438. The standard InChI is InChI=1S/C16H22N2S/c1-3-17-15(16-12-18-13(2)19-16)11-7-10-14-8-5-4-6-9-14/h4-6,8-9,12,15,17H,3,7,10-11H2,1-2H3. The maximum atomic E-state index is 4.36. The maximum absolute atomic E-state index is 4.36. The van der Waals surface area contributed by atoms with Crippen molar-refractivity contribution in [3.8, 4) is 0 Å². The highest BCUT2D eigenvalue weighted by Gasteiger charge is 2.12. The number of nitrogens with one attached hydrogen (secondary N) is 1. The minimum absolute atomic E-state index is 0.458. The predicted octanol–water partition coefficient (Wildman–Crippen LogP) is 4.13. The van der Waals surface area contributed by atoms with Crippen LogP contribution in [-0.2, 0) is 6.42 Å². The first-order valence-electron chi connectivity index (χ1n) is 6.99. The first-order valence-corrected chi connectivity index (χ1v) is 7.81. The van der Waals surface area contributed by atoms with Crippen LogP contribution in [0.25, 0.3) is 0 Å². The lowest BCUT2D eigenvalue weighted by atomic mass is 10.0. The molecule has 1 unspecified atom stereocenters. The largest absolute Gasteiger partial charge is 0.309 e. The lowest BCUT2D eigenvalue weighted by molar-refractivity contribution is 0.504. The third-order valence-corrected chi connectivity index (χ3v) is 4.26. The van der Waals surface area contributed by atoms with Crippen molar-refractivity contribution < 1.29 is 0 Å². The van der Waals surface area contributed by atoms with E-state index in [1.165, 1.54) is 23.3 Å². The SMILES string of the molecule is CCNC(CCCc1ccccc1)c1cnc(C)s1. The summed E-state index contributed by atoms with van der Waals surface area (Å²) in [4.78, 5) is 5.73. The van der Waals surface area contributed by atoms with Crippen molar-refractivity contribution in [2.75, 3.05) is 6.54 Å². The summed E-state index contributed by atoms with van der Waals surface area (Å²) < 4.78 is 0. The van der Waals surface area contributed by atoms with Gasteiger partial charge in [-0.05, 0) is 38.3 Å². The molecule has 3 heteroatoms. The Kier molecular flexibility index (Phi) is 5.55. The highest BCUT2D eigenvalue weighted by atomic mass is 32.1. The van der Waals surface area contributed by atoms with Crippen LogP contribution in [-0.4, -0.2) is 11.5 Å². The number of hydrogen-bond acceptors (Lipinski definition) is 3. The number of hydrogen-bond donors (Lipinski definition) is 1. The molecule has 0 aliphatic carbocycles. The van der Waals surface area contributed by atoms with Crippen LogP contribution < -0.4 is 5.32 Å². The van der Waals surface area contributed by atoms with Gasteiger partial charge in [-0.15, -0.1) is 11.3 Å². The highest BCUT2D eigenvalue weighted by Crippen LogP contribution is 2.24. The van der Waals surface area contributed by atoms with Crippen molar-refractivity contribution >= 4 is 11.3 Å². The van der Waals surface area contributed by atoms with E-state index in [1.807, 2.05) is 17.5 Å². The first kappa shape index (κ1) is 14.2. The van der Waals surface area contributed by atoms with Gasteiger partial charge in [-0.2, -0.15) is 0 Å². The first-order chi connectivity index (χ1) is 9.29. The van der Waals surface area contributed by atoms with Crippen LogP contribution in [0.15, 0.2) is 36.5 Å². The topological polar surface area (TPSA) is 24.9 Å². The van der Waals surface area contributed by atoms with E-state index in [0.29, 0.717) is 6.04 Å². The molecule has 102 valence electrons. The Hall–Kier alpha value is -1.19. The Bertz CT molecular complexity index is 479. The summed E-state index contributed by atoms with van der Waals surface area (Å²) in [6, 6.07) is 11.2. The molecule has 0 saturated heterocycles. The number of benzene rings is 1. The van der Waals surface area contributed by atoms with E-state index >= 15 is 0 Å². The Morgan fingerprint density at radius 2 is 2.05 bits per heavy atom. The summed E-state index contributed by atoms with van der Waals surface area (Å²) in [6.07, 6.45) is 5.55. The van der Waals surface area contributed by atoms with E-state index in [-0.39, 0.29) is 0 Å². The van der Waals surface area contributed by atoms with Crippen LogP contribution in [0.4, 0.5) is 0 Å². The number of aryl methyl sites for hydroxylation is 2.